The first-order valence-corrected chi connectivity index (χ1v) is 8.33. The Morgan fingerprint density at radius 2 is 1.70 bits per heavy atom. The Labute approximate surface area is 143 Å². The molecular formula is C19H36N2O2. The van der Waals surface area contributed by atoms with Crippen LogP contribution in [0.3, 0.4) is 0 Å². The van der Waals surface area contributed by atoms with Crippen LogP contribution in [-0.2, 0) is 4.74 Å². The third-order valence-corrected chi connectivity index (χ3v) is 2.99. The molecule has 0 bridgehead atoms. The Morgan fingerprint density at radius 1 is 1.17 bits per heavy atom. The van der Waals surface area contributed by atoms with Gasteiger partial charge >= 0.3 is 0 Å². The van der Waals surface area contributed by atoms with E-state index in [1.54, 1.807) is 7.05 Å². The fourth-order valence-corrected chi connectivity index (χ4v) is 1.75. The molecule has 0 spiro atoms. The molecule has 23 heavy (non-hydrogen) atoms. The van der Waals surface area contributed by atoms with Crippen molar-refractivity contribution in [3.8, 4) is 0 Å². The molecule has 4 heteroatoms. The van der Waals surface area contributed by atoms with Gasteiger partial charge in [-0.15, -0.1) is 0 Å². The standard InChI is InChI=1S/C16H26N2O.C2H6.CH4O/c1-13(2)11-12-19-16(3,4)15(17-5)18-14-9-7-6-8-10-14;2*1-2/h6-10,13H,11-12H2,1-5H3,(H,17,18);1-2H3;2H,1H3. The summed E-state index contributed by atoms with van der Waals surface area (Å²) in [6.07, 6.45) is 1.06. The van der Waals surface area contributed by atoms with E-state index >= 15 is 0 Å². The molecule has 0 aliphatic heterocycles. The zero-order chi connectivity index (χ0) is 18.3. The lowest BCUT2D eigenvalue weighted by molar-refractivity contribution is 0.0284. The molecule has 0 fully saturated rings. The van der Waals surface area contributed by atoms with E-state index in [-0.39, 0.29) is 0 Å². The van der Waals surface area contributed by atoms with Gasteiger partial charge in [0.15, 0.2) is 0 Å². The van der Waals surface area contributed by atoms with Crippen molar-refractivity contribution in [1.82, 2.24) is 0 Å². The number of aliphatic hydroxyl groups is 1. The zero-order valence-electron chi connectivity index (χ0n) is 16.2. The van der Waals surface area contributed by atoms with Crippen molar-refractivity contribution in [3.05, 3.63) is 30.3 Å². The molecule has 0 aromatic heterocycles. The molecule has 1 rings (SSSR count). The van der Waals surface area contributed by atoms with Gasteiger partial charge in [0.05, 0.1) is 0 Å². The molecule has 1 aromatic rings. The van der Waals surface area contributed by atoms with Gasteiger partial charge < -0.3 is 15.2 Å². The van der Waals surface area contributed by atoms with Gasteiger partial charge in [0.25, 0.3) is 0 Å². The second-order valence-corrected chi connectivity index (χ2v) is 5.60. The highest BCUT2D eigenvalue weighted by atomic mass is 16.5. The monoisotopic (exact) mass is 324 g/mol. The number of nitrogens with zero attached hydrogens (tertiary/aromatic N) is 1. The molecule has 0 saturated carbocycles. The zero-order valence-corrected chi connectivity index (χ0v) is 16.2. The van der Waals surface area contributed by atoms with Crippen LogP contribution in [0.4, 0.5) is 5.69 Å². The highest BCUT2D eigenvalue weighted by Crippen LogP contribution is 2.16. The number of ether oxygens (including phenoxy) is 1. The predicted octanol–water partition coefficient (Wildman–Crippen LogP) is 4.60. The lowest BCUT2D eigenvalue weighted by Crippen LogP contribution is -2.40. The van der Waals surface area contributed by atoms with Crippen molar-refractivity contribution in [2.45, 2.75) is 53.6 Å². The van der Waals surface area contributed by atoms with E-state index in [1.807, 2.05) is 58.0 Å². The van der Waals surface area contributed by atoms with Crippen molar-refractivity contribution in [3.63, 3.8) is 0 Å². The van der Waals surface area contributed by atoms with Gasteiger partial charge in [-0.3, -0.25) is 4.99 Å². The molecule has 0 saturated heterocycles. The lowest BCUT2D eigenvalue weighted by Gasteiger charge is -2.28. The van der Waals surface area contributed by atoms with Gasteiger partial charge in [-0.1, -0.05) is 45.9 Å². The summed E-state index contributed by atoms with van der Waals surface area (Å²) < 4.78 is 5.97. The number of anilines is 1. The first-order valence-electron chi connectivity index (χ1n) is 8.33. The number of aliphatic imine (C=N–C) groups is 1. The van der Waals surface area contributed by atoms with Crippen molar-refractivity contribution in [1.29, 1.82) is 0 Å². The molecule has 0 atom stereocenters. The molecule has 0 aliphatic rings. The maximum absolute atomic E-state index is 7.00. The molecule has 4 nitrogen and oxygen atoms in total. The normalized spacial score (nSPS) is 11.1. The third kappa shape index (κ3) is 10.9. The average Bonchev–Trinajstić information content (AvgIpc) is 2.56. The van der Waals surface area contributed by atoms with Crippen LogP contribution in [0.25, 0.3) is 0 Å². The summed E-state index contributed by atoms with van der Waals surface area (Å²) in [5.74, 6) is 1.50. The molecule has 0 aliphatic carbocycles. The van der Waals surface area contributed by atoms with E-state index in [0.717, 1.165) is 31.7 Å². The average molecular weight is 325 g/mol. The Balaban J connectivity index is 0. The van der Waals surface area contributed by atoms with E-state index in [9.17, 15) is 0 Å². The number of para-hydroxylation sites is 1. The maximum Gasteiger partial charge on any atom is 0.133 e. The van der Waals surface area contributed by atoms with E-state index < -0.39 is 5.60 Å². The fourth-order valence-electron chi connectivity index (χ4n) is 1.75. The minimum absolute atomic E-state index is 0.403. The number of hydrogen-bond donors (Lipinski definition) is 2. The molecular weight excluding hydrogens is 288 g/mol. The largest absolute Gasteiger partial charge is 0.400 e. The van der Waals surface area contributed by atoms with E-state index in [2.05, 4.69) is 24.2 Å². The molecule has 1 aromatic carbocycles. The van der Waals surface area contributed by atoms with E-state index in [1.165, 1.54) is 0 Å². The fraction of sp³-hybridized carbons (Fsp3) is 0.632. The van der Waals surface area contributed by atoms with Crippen molar-refractivity contribution < 1.29 is 9.84 Å². The predicted molar refractivity (Wildman–Crippen MR) is 102 cm³/mol. The third-order valence-electron chi connectivity index (χ3n) is 2.99. The molecule has 0 unspecified atom stereocenters. The number of amidine groups is 1. The van der Waals surface area contributed by atoms with Crippen LogP contribution in [0.15, 0.2) is 35.3 Å². The number of nitrogens with one attached hydrogen (secondary N) is 1. The molecule has 0 radical (unpaired) electrons. The second kappa shape index (κ2) is 14.2. The minimum atomic E-state index is -0.403. The molecule has 0 heterocycles. The van der Waals surface area contributed by atoms with Crippen LogP contribution in [0, 0.1) is 5.92 Å². The summed E-state index contributed by atoms with van der Waals surface area (Å²) >= 11 is 0. The quantitative estimate of drug-likeness (QED) is 0.594. The van der Waals surface area contributed by atoms with Gasteiger partial charge in [-0.25, -0.2) is 0 Å². The first-order chi connectivity index (χ1) is 11.0. The van der Waals surface area contributed by atoms with Crippen LogP contribution < -0.4 is 5.32 Å². The molecule has 2 N–H and O–H groups in total. The summed E-state index contributed by atoms with van der Waals surface area (Å²) in [5.41, 5.74) is 0.628. The number of hydrogen-bond acceptors (Lipinski definition) is 3. The van der Waals surface area contributed by atoms with Crippen LogP contribution in [-0.4, -0.2) is 37.3 Å². The van der Waals surface area contributed by atoms with Gasteiger partial charge in [-0.2, -0.15) is 0 Å². The summed E-state index contributed by atoms with van der Waals surface area (Å²) in [6, 6.07) is 10.0. The van der Waals surface area contributed by atoms with Crippen LogP contribution >= 0.6 is 0 Å². The van der Waals surface area contributed by atoms with Gasteiger partial charge in [0, 0.05) is 26.5 Å². The topological polar surface area (TPSA) is 53.9 Å². The minimum Gasteiger partial charge on any atom is -0.400 e. The summed E-state index contributed by atoms with van der Waals surface area (Å²) in [7, 11) is 2.79. The summed E-state index contributed by atoms with van der Waals surface area (Å²) in [5, 5.41) is 10.3. The summed E-state index contributed by atoms with van der Waals surface area (Å²) in [6.45, 7) is 13.2. The van der Waals surface area contributed by atoms with E-state index in [4.69, 9.17) is 9.84 Å². The highest BCUT2D eigenvalue weighted by molar-refractivity contribution is 6.01. The molecule has 134 valence electrons. The Bertz CT molecular complexity index is 401. The summed E-state index contributed by atoms with van der Waals surface area (Å²) in [4.78, 5) is 4.33. The SMILES string of the molecule is CC.CN=C(Nc1ccccc1)C(C)(C)OCCC(C)C.CO. The number of benzene rings is 1. The van der Waals surface area contributed by atoms with Crippen LogP contribution in [0.2, 0.25) is 0 Å². The van der Waals surface area contributed by atoms with Crippen LogP contribution in [0.5, 0.6) is 0 Å². The lowest BCUT2D eigenvalue weighted by atomic mass is 10.1. The van der Waals surface area contributed by atoms with Crippen molar-refractivity contribution >= 4 is 11.5 Å². The maximum atomic E-state index is 7.00. The van der Waals surface area contributed by atoms with Gasteiger partial charge in [0.1, 0.15) is 11.4 Å². The van der Waals surface area contributed by atoms with Crippen molar-refractivity contribution in [2.75, 3.05) is 26.1 Å². The number of rotatable bonds is 6. The first kappa shape index (κ1) is 23.9. The van der Waals surface area contributed by atoms with Crippen molar-refractivity contribution in [2.24, 2.45) is 10.9 Å². The van der Waals surface area contributed by atoms with Crippen LogP contribution in [0.1, 0.15) is 48.0 Å². The smallest absolute Gasteiger partial charge is 0.133 e. The second-order valence-electron chi connectivity index (χ2n) is 5.60. The number of aliphatic hydroxyl groups excluding tert-OH is 1. The Morgan fingerprint density at radius 3 is 2.13 bits per heavy atom. The molecule has 0 amide bonds. The Kier molecular flexibility index (Phi) is 14.8. The highest BCUT2D eigenvalue weighted by Gasteiger charge is 2.25. The van der Waals surface area contributed by atoms with Gasteiger partial charge in [0.2, 0.25) is 0 Å². The van der Waals surface area contributed by atoms with E-state index in [0.29, 0.717) is 5.92 Å². The van der Waals surface area contributed by atoms with Gasteiger partial charge in [-0.05, 0) is 38.3 Å². The Hall–Kier alpha value is -1.39.